The van der Waals surface area contributed by atoms with E-state index >= 15 is 0 Å². The Hall–Kier alpha value is -2.55. The van der Waals surface area contributed by atoms with Gasteiger partial charge in [-0.1, -0.05) is 6.07 Å². The van der Waals surface area contributed by atoms with Crippen molar-refractivity contribution in [1.82, 2.24) is 5.43 Å². The van der Waals surface area contributed by atoms with Gasteiger partial charge in [0.25, 0.3) is 0 Å². The number of hydrogen-bond acceptors (Lipinski definition) is 5. The number of anilines is 1. The average molecular weight is 288 g/mol. The van der Waals surface area contributed by atoms with Crippen LogP contribution in [0.1, 0.15) is 24.5 Å². The molecule has 1 N–H and O–H groups in total. The van der Waals surface area contributed by atoms with E-state index < -0.39 is 6.09 Å². The zero-order chi connectivity index (χ0) is 15.7. The van der Waals surface area contributed by atoms with Crippen molar-refractivity contribution in [2.45, 2.75) is 20.3 Å². The quantitative estimate of drug-likeness (QED) is 0.644. The molecule has 1 aromatic rings. The Morgan fingerprint density at radius 2 is 2.33 bits per heavy atom. The summed E-state index contributed by atoms with van der Waals surface area (Å²) < 4.78 is 4.42. The largest absolute Gasteiger partial charge is 0.452 e. The van der Waals surface area contributed by atoms with Crippen LogP contribution in [-0.4, -0.2) is 32.5 Å². The minimum Gasteiger partial charge on any atom is -0.452 e. The number of amides is 1. The first-order chi connectivity index (χ1) is 10.1. The molecule has 0 aliphatic heterocycles. The summed E-state index contributed by atoms with van der Waals surface area (Å²) in [4.78, 5) is 13.0. The van der Waals surface area contributed by atoms with Crippen LogP contribution in [0.4, 0.5) is 10.5 Å². The summed E-state index contributed by atoms with van der Waals surface area (Å²) in [5.74, 6) is 0. The molecule has 0 unspecified atom stereocenters. The molecule has 112 valence electrons. The van der Waals surface area contributed by atoms with Gasteiger partial charge in [0, 0.05) is 18.8 Å². The molecule has 6 heteroatoms. The molecule has 0 fully saturated rings. The number of carbonyl (C=O) groups is 1. The maximum absolute atomic E-state index is 10.9. The second kappa shape index (κ2) is 8.59. The first-order valence-corrected chi connectivity index (χ1v) is 6.72. The maximum Gasteiger partial charge on any atom is 0.427 e. The molecule has 1 aromatic carbocycles. The molecule has 0 bridgehead atoms. The van der Waals surface area contributed by atoms with Crippen molar-refractivity contribution in [3.63, 3.8) is 0 Å². The lowest BCUT2D eigenvalue weighted by atomic mass is 10.1. The Kier molecular flexibility index (Phi) is 6.75. The first kappa shape index (κ1) is 16.5. The van der Waals surface area contributed by atoms with Gasteiger partial charge in [-0.25, -0.2) is 10.2 Å². The summed E-state index contributed by atoms with van der Waals surface area (Å²) in [6, 6.07) is 8.11. The van der Waals surface area contributed by atoms with Gasteiger partial charge in [-0.15, -0.1) is 0 Å². The molecule has 0 atom stereocenters. The topological polar surface area (TPSA) is 77.7 Å². The molecule has 1 amide bonds. The van der Waals surface area contributed by atoms with Crippen LogP contribution in [0.3, 0.4) is 0 Å². The van der Waals surface area contributed by atoms with E-state index in [2.05, 4.69) is 33.2 Å². The smallest absolute Gasteiger partial charge is 0.427 e. The normalized spacial score (nSPS) is 10.2. The Morgan fingerprint density at radius 1 is 1.57 bits per heavy atom. The predicted octanol–water partition coefficient (Wildman–Crippen LogP) is 2.42. The molecule has 21 heavy (non-hydrogen) atoms. The SMILES string of the molecule is CCN(CCC#N)c1ccc(/C=N\NC(=O)OC)c(C)c1. The van der Waals surface area contributed by atoms with Crippen molar-refractivity contribution in [1.29, 1.82) is 5.26 Å². The molecule has 0 spiro atoms. The van der Waals surface area contributed by atoms with E-state index in [9.17, 15) is 4.79 Å². The molecule has 1 rings (SSSR count). The van der Waals surface area contributed by atoms with Crippen molar-refractivity contribution >= 4 is 18.0 Å². The number of nitrogens with zero attached hydrogens (tertiary/aromatic N) is 3. The van der Waals surface area contributed by atoms with Gasteiger partial charge in [0.1, 0.15) is 0 Å². The molecule has 0 aromatic heterocycles. The molecule has 0 aliphatic carbocycles. The van der Waals surface area contributed by atoms with Crippen LogP contribution in [0.5, 0.6) is 0 Å². The molecular weight excluding hydrogens is 268 g/mol. The van der Waals surface area contributed by atoms with Crippen molar-refractivity contribution in [2.24, 2.45) is 5.10 Å². The Balaban J connectivity index is 2.79. The van der Waals surface area contributed by atoms with E-state index in [1.165, 1.54) is 7.11 Å². The zero-order valence-corrected chi connectivity index (χ0v) is 12.6. The molecule has 0 heterocycles. The third kappa shape index (κ3) is 5.15. The van der Waals surface area contributed by atoms with Gasteiger partial charge in [-0.3, -0.25) is 0 Å². The maximum atomic E-state index is 10.9. The van der Waals surface area contributed by atoms with E-state index in [0.29, 0.717) is 13.0 Å². The van der Waals surface area contributed by atoms with Crippen LogP contribution in [-0.2, 0) is 4.74 Å². The van der Waals surface area contributed by atoms with Crippen molar-refractivity contribution in [3.05, 3.63) is 29.3 Å². The summed E-state index contributed by atoms with van der Waals surface area (Å²) in [7, 11) is 1.28. The van der Waals surface area contributed by atoms with Crippen LogP contribution in [0, 0.1) is 18.3 Å². The van der Waals surface area contributed by atoms with Gasteiger partial charge in [0.15, 0.2) is 0 Å². The van der Waals surface area contributed by atoms with Gasteiger partial charge >= 0.3 is 6.09 Å². The lowest BCUT2D eigenvalue weighted by Crippen LogP contribution is -2.23. The highest BCUT2D eigenvalue weighted by Crippen LogP contribution is 2.18. The van der Waals surface area contributed by atoms with Crippen molar-refractivity contribution < 1.29 is 9.53 Å². The fourth-order valence-electron chi connectivity index (χ4n) is 1.86. The number of rotatable bonds is 6. The highest BCUT2D eigenvalue weighted by molar-refractivity contribution is 5.83. The number of hydrogen-bond donors (Lipinski definition) is 1. The van der Waals surface area contributed by atoms with Crippen molar-refractivity contribution in [2.75, 3.05) is 25.1 Å². The number of aryl methyl sites for hydroxylation is 1. The number of nitrogens with one attached hydrogen (secondary N) is 1. The molecule has 6 nitrogen and oxygen atoms in total. The Morgan fingerprint density at radius 3 is 2.90 bits per heavy atom. The molecule has 0 radical (unpaired) electrons. The number of benzene rings is 1. The van der Waals surface area contributed by atoms with E-state index in [1.807, 2.05) is 25.1 Å². The minimum atomic E-state index is -0.603. The summed E-state index contributed by atoms with van der Waals surface area (Å²) in [6.45, 7) is 5.59. The third-order valence-electron chi connectivity index (χ3n) is 3.04. The Bertz CT molecular complexity index is 549. The van der Waals surface area contributed by atoms with Crippen molar-refractivity contribution in [3.8, 4) is 6.07 Å². The first-order valence-electron chi connectivity index (χ1n) is 6.72. The number of hydrazone groups is 1. The Labute approximate surface area is 125 Å². The summed E-state index contributed by atoms with van der Waals surface area (Å²) >= 11 is 0. The van der Waals surface area contributed by atoms with Crippen LogP contribution in [0.15, 0.2) is 23.3 Å². The molecule has 0 saturated heterocycles. The van der Waals surface area contributed by atoms with Gasteiger partial charge < -0.3 is 9.64 Å². The predicted molar refractivity (Wildman–Crippen MR) is 82.4 cm³/mol. The second-order valence-corrected chi connectivity index (χ2v) is 4.39. The van der Waals surface area contributed by atoms with Gasteiger partial charge in [0.05, 0.1) is 25.8 Å². The van der Waals surface area contributed by atoms with Crippen LogP contribution in [0.2, 0.25) is 0 Å². The highest BCUT2D eigenvalue weighted by Gasteiger charge is 2.05. The van der Waals surface area contributed by atoms with Gasteiger partial charge in [0.2, 0.25) is 0 Å². The molecule has 0 saturated carbocycles. The van der Waals surface area contributed by atoms with E-state index in [-0.39, 0.29) is 0 Å². The van der Waals surface area contributed by atoms with Gasteiger partial charge in [-0.2, -0.15) is 10.4 Å². The van der Waals surface area contributed by atoms with Crippen LogP contribution >= 0.6 is 0 Å². The summed E-state index contributed by atoms with van der Waals surface area (Å²) in [5.41, 5.74) is 5.27. The van der Waals surface area contributed by atoms with E-state index in [0.717, 1.165) is 23.4 Å². The lowest BCUT2D eigenvalue weighted by molar-refractivity contribution is 0.171. The number of carbonyl (C=O) groups excluding carboxylic acids is 1. The monoisotopic (exact) mass is 288 g/mol. The van der Waals surface area contributed by atoms with Crippen LogP contribution < -0.4 is 10.3 Å². The number of nitriles is 1. The lowest BCUT2D eigenvalue weighted by Gasteiger charge is -2.22. The molecule has 0 aliphatic rings. The second-order valence-electron chi connectivity index (χ2n) is 4.39. The summed E-state index contributed by atoms with van der Waals surface area (Å²) in [5, 5.41) is 12.5. The summed E-state index contributed by atoms with van der Waals surface area (Å²) in [6.07, 6.45) is 1.47. The fourth-order valence-corrected chi connectivity index (χ4v) is 1.86. The standard InChI is InChI=1S/C15H20N4O2/c1-4-19(9-5-8-16)14-7-6-13(12(2)10-14)11-17-18-15(20)21-3/h6-7,10-11H,4-5,9H2,1-3H3,(H,18,20)/b17-11-. The third-order valence-corrected chi connectivity index (χ3v) is 3.04. The molecular formula is C15H20N4O2. The number of methoxy groups -OCH3 is 1. The van der Waals surface area contributed by atoms with Gasteiger partial charge in [-0.05, 0) is 37.1 Å². The van der Waals surface area contributed by atoms with Crippen LogP contribution in [0.25, 0.3) is 0 Å². The zero-order valence-electron chi connectivity index (χ0n) is 12.6. The van der Waals surface area contributed by atoms with E-state index in [4.69, 9.17) is 5.26 Å². The highest BCUT2D eigenvalue weighted by atomic mass is 16.5. The van der Waals surface area contributed by atoms with E-state index in [1.54, 1.807) is 6.21 Å². The minimum absolute atomic E-state index is 0.499. The number of ether oxygens (including phenoxy) is 1. The fraction of sp³-hybridized carbons (Fsp3) is 0.400. The average Bonchev–Trinajstić information content (AvgIpc) is 2.49.